The summed E-state index contributed by atoms with van der Waals surface area (Å²) in [5, 5.41) is 10.6. The van der Waals surface area contributed by atoms with Gasteiger partial charge in [-0.25, -0.2) is 0 Å². The molecule has 0 aliphatic rings. The molecule has 8 heteroatoms. The molecule has 2 rings (SSSR count). The van der Waals surface area contributed by atoms with Crippen molar-refractivity contribution in [1.29, 1.82) is 0 Å². The van der Waals surface area contributed by atoms with Gasteiger partial charge in [0.1, 0.15) is 5.75 Å². The molecule has 0 bridgehead atoms. The van der Waals surface area contributed by atoms with Gasteiger partial charge < -0.3 is 9.64 Å². The Morgan fingerprint density at radius 1 is 1.17 bits per heavy atom. The molecule has 0 aliphatic carbocycles. The third-order valence-electron chi connectivity index (χ3n) is 3.24. The Labute approximate surface area is 136 Å². The van der Waals surface area contributed by atoms with Crippen LogP contribution < -0.4 is 4.74 Å². The van der Waals surface area contributed by atoms with Gasteiger partial charge in [0.2, 0.25) is 0 Å². The number of nitro benzene ring substituents is 1. The normalized spacial score (nSPS) is 10.5. The first kappa shape index (κ1) is 17.3. The smallest absolute Gasteiger partial charge is 0.387 e. The minimum Gasteiger partial charge on any atom is -0.435 e. The standard InChI is InChI=1S/C16H14F2N2O4/c1-19(10-11-2-8-14(9-3-11)24-16(17)18)15(21)12-4-6-13(7-5-12)20(22)23/h2-9,16H,10H2,1H3. The first-order valence-corrected chi connectivity index (χ1v) is 6.90. The second kappa shape index (κ2) is 7.49. The summed E-state index contributed by atoms with van der Waals surface area (Å²) in [6.07, 6.45) is 0. The Kier molecular flexibility index (Phi) is 5.41. The zero-order valence-electron chi connectivity index (χ0n) is 12.7. The van der Waals surface area contributed by atoms with E-state index >= 15 is 0 Å². The summed E-state index contributed by atoms with van der Waals surface area (Å²) in [4.78, 5) is 23.8. The molecule has 0 N–H and O–H groups in total. The molecule has 24 heavy (non-hydrogen) atoms. The molecule has 6 nitrogen and oxygen atoms in total. The largest absolute Gasteiger partial charge is 0.435 e. The summed E-state index contributed by atoms with van der Waals surface area (Å²) in [5.74, 6) is -0.268. The number of carbonyl (C=O) groups excluding carboxylic acids is 1. The fraction of sp³-hybridized carbons (Fsp3) is 0.188. The number of non-ortho nitro benzene ring substituents is 1. The number of halogens is 2. The molecule has 1 amide bonds. The molecular weight excluding hydrogens is 322 g/mol. The van der Waals surface area contributed by atoms with Crippen LogP contribution in [0, 0.1) is 10.1 Å². The van der Waals surface area contributed by atoms with Crippen LogP contribution in [0.25, 0.3) is 0 Å². The second-order valence-electron chi connectivity index (χ2n) is 4.99. The molecule has 0 saturated carbocycles. The maximum absolute atomic E-state index is 12.3. The van der Waals surface area contributed by atoms with Gasteiger partial charge in [0.05, 0.1) is 4.92 Å². The molecular formula is C16H14F2N2O4. The molecule has 0 fully saturated rings. The maximum atomic E-state index is 12.3. The lowest BCUT2D eigenvalue weighted by Crippen LogP contribution is -2.26. The van der Waals surface area contributed by atoms with Gasteiger partial charge in [-0.1, -0.05) is 12.1 Å². The lowest BCUT2D eigenvalue weighted by atomic mass is 10.1. The van der Waals surface area contributed by atoms with Crippen molar-refractivity contribution in [2.24, 2.45) is 0 Å². The first-order chi connectivity index (χ1) is 11.4. The van der Waals surface area contributed by atoms with E-state index in [1.165, 1.54) is 41.3 Å². The van der Waals surface area contributed by atoms with Crippen molar-refractivity contribution in [2.75, 3.05) is 7.05 Å². The van der Waals surface area contributed by atoms with Gasteiger partial charge >= 0.3 is 6.61 Å². The topological polar surface area (TPSA) is 72.7 Å². The van der Waals surface area contributed by atoms with E-state index in [9.17, 15) is 23.7 Å². The van der Waals surface area contributed by atoms with E-state index in [0.29, 0.717) is 5.56 Å². The van der Waals surface area contributed by atoms with Crippen molar-refractivity contribution >= 4 is 11.6 Å². The summed E-state index contributed by atoms with van der Waals surface area (Å²) < 4.78 is 28.4. The number of benzene rings is 2. The zero-order chi connectivity index (χ0) is 17.7. The molecule has 0 unspecified atom stereocenters. The highest BCUT2D eigenvalue weighted by atomic mass is 19.3. The van der Waals surface area contributed by atoms with Gasteiger partial charge in [-0.3, -0.25) is 14.9 Å². The van der Waals surface area contributed by atoms with E-state index in [1.54, 1.807) is 19.2 Å². The van der Waals surface area contributed by atoms with Crippen LogP contribution in [0.1, 0.15) is 15.9 Å². The van der Waals surface area contributed by atoms with E-state index < -0.39 is 11.5 Å². The number of amides is 1. The second-order valence-corrected chi connectivity index (χ2v) is 4.99. The van der Waals surface area contributed by atoms with Crippen LogP contribution in [0.4, 0.5) is 14.5 Å². The highest BCUT2D eigenvalue weighted by Gasteiger charge is 2.14. The number of ether oxygens (including phenoxy) is 1. The van der Waals surface area contributed by atoms with Crippen LogP contribution in [-0.2, 0) is 6.54 Å². The van der Waals surface area contributed by atoms with Crippen LogP contribution in [0.2, 0.25) is 0 Å². The van der Waals surface area contributed by atoms with Crippen molar-refractivity contribution in [3.63, 3.8) is 0 Å². The Balaban J connectivity index is 2.01. The van der Waals surface area contributed by atoms with Crippen molar-refractivity contribution in [3.8, 4) is 5.75 Å². The van der Waals surface area contributed by atoms with Gasteiger partial charge in [0.25, 0.3) is 11.6 Å². The number of alkyl halides is 2. The lowest BCUT2D eigenvalue weighted by Gasteiger charge is -2.17. The highest BCUT2D eigenvalue weighted by molar-refractivity contribution is 5.94. The summed E-state index contributed by atoms with van der Waals surface area (Å²) in [6.45, 7) is -2.63. The number of hydrogen-bond donors (Lipinski definition) is 0. The predicted octanol–water partition coefficient (Wildman–Crippen LogP) is 3.47. The van der Waals surface area contributed by atoms with Gasteiger partial charge in [-0.05, 0) is 29.8 Å². The van der Waals surface area contributed by atoms with E-state index in [0.717, 1.165) is 5.56 Å². The molecule has 126 valence electrons. The summed E-state index contributed by atoms with van der Waals surface area (Å²) >= 11 is 0. The molecule has 0 atom stereocenters. The number of carbonyl (C=O) groups is 1. The average molecular weight is 336 g/mol. The quantitative estimate of drug-likeness (QED) is 0.598. The van der Waals surface area contributed by atoms with Crippen molar-refractivity contribution in [1.82, 2.24) is 4.90 Å². The van der Waals surface area contributed by atoms with Crippen LogP contribution in [-0.4, -0.2) is 29.4 Å². The fourth-order valence-electron chi connectivity index (χ4n) is 2.07. The molecule has 0 spiro atoms. The molecule has 0 radical (unpaired) electrons. The number of hydrogen-bond acceptors (Lipinski definition) is 4. The minimum absolute atomic E-state index is 0.0399. The number of nitrogens with zero attached hydrogens (tertiary/aromatic N) is 2. The van der Waals surface area contributed by atoms with Crippen molar-refractivity contribution in [2.45, 2.75) is 13.2 Å². The first-order valence-electron chi connectivity index (χ1n) is 6.90. The molecule has 0 aliphatic heterocycles. The molecule has 2 aromatic rings. The van der Waals surface area contributed by atoms with E-state index in [4.69, 9.17) is 0 Å². The van der Waals surface area contributed by atoms with Crippen LogP contribution in [0.15, 0.2) is 48.5 Å². The lowest BCUT2D eigenvalue weighted by molar-refractivity contribution is -0.384. The molecule has 0 heterocycles. The SMILES string of the molecule is CN(Cc1ccc(OC(F)F)cc1)C(=O)c1ccc([N+](=O)[O-])cc1. The van der Waals surface area contributed by atoms with E-state index in [2.05, 4.69) is 4.74 Å². The average Bonchev–Trinajstić information content (AvgIpc) is 2.55. The third kappa shape index (κ3) is 4.48. The minimum atomic E-state index is -2.89. The van der Waals surface area contributed by atoms with Gasteiger partial charge in [-0.15, -0.1) is 0 Å². The Morgan fingerprint density at radius 3 is 2.25 bits per heavy atom. The Hall–Kier alpha value is -3.03. The van der Waals surface area contributed by atoms with Gasteiger partial charge in [0.15, 0.2) is 0 Å². The maximum Gasteiger partial charge on any atom is 0.387 e. The summed E-state index contributed by atoms with van der Waals surface area (Å²) in [5.41, 5.74) is 0.957. The van der Waals surface area contributed by atoms with Crippen molar-refractivity contribution < 1.29 is 23.2 Å². The number of rotatable bonds is 6. The summed E-state index contributed by atoms with van der Waals surface area (Å²) in [7, 11) is 1.58. The predicted molar refractivity (Wildman–Crippen MR) is 82.0 cm³/mol. The van der Waals surface area contributed by atoms with Crippen LogP contribution in [0.3, 0.4) is 0 Å². The van der Waals surface area contributed by atoms with Gasteiger partial charge in [-0.2, -0.15) is 8.78 Å². The number of nitro groups is 1. The molecule has 0 saturated heterocycles. The molecule has 2 aromatic carbocycles. The van der Waals surface area contributed by atoms with E-state index in [1.807, 2.05) is 0 Å². The third-order valence-corrected chi connectivity index (χ3v) is 3.24. The van der Waals surface area contributed by atoms with Gasteiger partial charge in [0, 0.05) is 31.3 Å². The van der Waals surface area contributed by atoms with E-state index in [-0.39, 0.29) is 23.9 Å². The highest BCUT2D eigenvalue weighted by Crippen LogP contribution is 2.17. The summed E-state index contributed by atoms with van der Waals surface area (Å²) in [6, 6.07) is 11.2. The Bertz CT molecular complexity index is 718. The Morgan fingerprint density at radius 2 is 1.75 bits per heavy atom. The fourth-order valence-corrected chi connectivity index (χ4v) is 2.07. The zero-order valence-corrected chi connectivity index (χ0v) is 12.7. The monoisotopic (exact) mass is 336 g/mol. The van der Waals surface area contributed by atoms with Crippen LogP contribution in [0.5, 0.6) is 5.75 Å². The van der Waals surface area contributed by atoms with Crippen molar-refractivity contribution in [3.05, 3.63) is 69.8 Å². The molecule has 0 aromatic heterocycles. The van der Waals surface area contributed by atoms with Crippen LogP contribution >= 0.6 is 0 Å².